The van der Waals surface area contributed by atoms with Crippen molar-refractivity contribution in [3.05, 3.63) is 35.9 Å². The Morgan fingerprint density at radius 2 is 1.54 bits per heavy atom. The van der Waals surface area contributed by atoms with Crippen LogP contribution in [0.5, 0.6) is 0 Å². The number of rotatable bonds is 11. The van der Waals surface area contributed by atoms with Gasteiger partial charge in [-0.15, -0.1) is 0 Å². The number of hydrogen-bond donors (Lipinski definition) is 3. The summed E-state index contributed by atoms with van der Waals surface area (Å²) in [5.74, 6) is -2.00. The molecule has 0 radical (unpaired) electrons. The Hall–Kier alpha value is -3.63. The highest BCUT2D eigenvalue weighted by atomic mass is 16.6. The highest BCUT2D eigenvalue weighted by Gasteiger charge is 2.27. The van der Waals surface area contributed by atoms with Crippen LogP contribution in [0.15, 0.2) is 30.3 Å². The van der Waals surface area contributed by atoms with Crippen molar-refractivity contribution in [2.24, 2.45) is 5.92 Å². The summed E-state index contributed by atoms with van der Waals surface area (Å²) in [5, 5.41) is 7.43. The molecule has 0 spiro atoms. The van der Waals surface area contributed by atoms with Crippen molar-refractivity contribution >= 4 is 29.8 Å². The molecule has 0 saturated carbocycles. The van der Waals surface area contributed by atoms with E-state index in [1.54, 1.807) is 34.9 Å². The van der Waals surface area contributed by atoms with Crippen LogP contribution in [0.3, 0.4) is 0 Å². The molecule has 1 rings (SSSR count). The molecule has 0 aromatic heterocycles. The number of hydrogen-bond acceptors (Lipinski definition) is 7. The average molecular weight is 551 g/mol. The van der Waals surface area contributed by atoms with E-state index < -0.39 is 48.1 Å². The smallest absolute Gasteiger partial charge is 0.408 e. The minimum absolute atomic E-state index is 0.0374. The molecule has 0 fully saturated rings. The monoisotopic (exact) mass is 550 g/mol. The van der Waals surface area contributed by atoms with Crippen LogP contribution in [0, 0.1) is 12.8 Å². The molecular weight excluding hydrogens is 504 g/mol. The fraction of sp³-hybridized carbons (Fsp3) is 0.607. The van der Waals surface area contributed by atoms with E-state index in [1.807, 2.05) is 32.0 Å². The molecule has 1 aromatic rings. The van der Waals surface area contributed by atoms with E-state index in [1.165, 1.54) is 17.6 Å². The van der Waals surface area contributed by atoms with Crippen molar-refractivity contribution in [2.45, 2.75) is 78.5 Å². The molecule has 39 heavy (non-hydrogen) atoms. The van der Waals surface area contributed by atoms with Gasteiger partial charge in [0.05, 0.1) is 13.7 Å². The molecule has 4 amide bonds. The summed E-state index contributed by atoms with van der Waals surface area (Å²) in [4.78, 5) is 61.9. The zero-order valence-corrected chi connectivity index (χ0v) is 24.8. The first-order valence-corrected chi connectivity index (χ1v) is 12.9. The van der Waals surface area contributed by atoms with Crippen LogP contribution in [0.2, 0.25) is 0 Å². The number of benzene rings is 1. The second kappa shape index (κ2) is 17.8. The maximum atomic E-state index is 12.5. The summed E-state index contributed by atoms with van der Waals surface area (Å²) < 4.78 is 9.86. The van der Waals surface area contributed by atoms with Crippen LogP contribution < -0.4 is 16.0 Å². The summed E-state index contributed by atoms with van der Waals surface area (Å²) in [6, 6.07) is 8.34. The van der Waals surface area contributed by atoms with E-state index in [2.05, 4.69) is 39.7 Å². The standard InChI is InChI=1S/C21H38N4O7.C7H8/c1-13(2)11-15(24-20(30)32-21(3,4)5)18(28)22-12-16(26)23-14(19(29)31-8)9-10-17(27)25(6)7;1-7-5-3-2-4-6-7/h13-15H,9-12H2,1-8H3,(H,22,28)(H,23,26)(H,24,30);2-6H,1H3. The van der Waals surface area contributed by atoms with Gasteiger partial charge < -0.3 is 30.3 Å². The number of methoxy groups -OCH3 is 1. The van der Waals surface area contributed by atoms with Gasteiger partial charge in [-0.25, -0.2) is 9.59 Å². The molecule has 0 aliphatic heterocycles. The van der Waals surface area contributed by atoms with Gasteiger partial charge in [-0.2, -0.15) is 0 Å². The number of alkyl carbamates (subject to hydrolysis) is 1. The van der Waals surface area contributed by atoms with Gasteiger partial charge in [-0.05, 0) is 46.5 Å². The average Bonchev–Trinajstić information content (AvgIpc) is 2.83. The Morgan fingerprint density at radius 3 is 1.97 bits per heavy atom. The first kappa shape index (κ1) is 35.4. The number of nitrogens with one attached hydrogen (secondary N) is 3. The van der Waals surface area contributed by atoms with Gasteiger partial charge in [0.1, 0.15) is 17.7 Å². The zero-order valence-electron chi connectivity index (χ0n) is 24.8. The van der Waals surface area contributed by atoms with Gasteiger partial charge in [0, 0.05) is 20.5 Å². The van der Waals surface area contributed by atoms with Gasteiger partial charge in [0.15, 0.2) is 0 Å². The van der Waals surface area contributed by atoms with E-state index in [0.717, 1.165) is 0 Å². The summed E-state index contributed by atoms with van der Waals surface area (Å²) in [7, 11) is 4.35. The molecule has 0 saturated heterocycles. The number of ether oxygens (including phenoxy) is 2. The molecule has 2 unspecified atom stereocenters. The molecule has 0 aliphatic carbocycles. The van der Waals surface area contributed by atoms with Crippen molar-refractivity contribution in [1.82, 2.24) is 20.9 Å². The lowest BCUT2D eigenvalue weighted by Gasteiger charge is -2.24. The summed E-state index contributed by atoms with van der Waals surface area (Å²) in [6.07, 6.45) is -0.307. The molecule has 220 valence electrons. The molecule has 1 aromatic carbocycles. The fourth-order valence-electron chi connectivity index (χ4n) is 3.11. The quantitative estimate of drug-likeness (QED) is 0.359. The number of amides is 4. The van der Waals surface area contributed by atoms with Gasteiger partial charge in [0.25, 0.3) is 0 Å². The van der Waals surface area contributed by atoms with Crippen molar-refractivity contribution in [3.8, 4) is 0 Å². The second-order valence-corrected chi connectivity index (χ2v) is 10.7. The van der Waals surface area contributed by atoms with Crippen LogP contribution in [-0.2, 0) is 28.7 Å². The van der Waals surface area contributed by atoms with E-state index in [9.17, 15) is 24.0 Å². The van der Waals surface area contributed by atoms with E-state index in [-0.39, 0.29) is 24.7 Å². The molecule has 11 nitrogen and oxygen atoms in total. The second-order valence-electron chi connectivity index (χ2n) is 10.7. The summed E-state index contributed by atoms with van der Waals surface area (Å²) >= 11 is 0. The Morgan fingerprint density at radius 1 is 0.949 bits per heavy atom. The number of carbonyl (C=O) groups is 5. The number of esters is 1. The van der Waals surface area contributed by atoms with Crippen molar-refractivity contribution in [2.75, 3.05) is 27.7 Å². The Labute approximate surface area is 232 Å². The van der Waals surface area contributed by atoms with Crippen molar-refractivity contribution < 1.29 is 33.4 Å². The van der Waals surface area contributed by atoms with Crippen LogP contribution in [0.1, 0.15) is 59.4 Å². The van der Waals surface area contributed by atoms with Crippen LogP contribution in [0.25, 0.3) is 0 Å². The van der Waals surface area contributed by atoms with Gasteiger partial charge in [-0.1, -0.05) is 49.7 Å². The van der Waals surface area contributed by atoms with E-state index >= 15 is 0 Å². The minimum atomic E-state index is -1.03. The molecular formula is C28H46N4O7. The highest BCUT2D eigenvalue weighted by molar-refractivity contribution is 5.91. The molecule has 11 heteroatoms. The summed E-state index contributed by atoms with van der Waals surface area (Å²) in [6.45, 7) is 10.6. The Kier molecular flexibility index (Phi) is 16.1. The maximum Gasteiger partial charge on any atom is 0.408 e. The van der Waals surface area contributed by atoms with Gasteiger partial charge >= 0.3 is 12.1 Å². The van der Waals surface area contributed by atoms with Crippen LogP contribution >= 0.6 is 0 Å². The Balaban J connectivity index is 0.00000177. The molecule has 0 aliphatic rings. The molecule has 3 N–H and O–H groups in total. The first-order chi connectivity index (χ1) is 18.0. The normalized spacial score (nSPS) is 12.2. The minimum Gasteiger partial charge on any atom is -0.467 e. The lowest BCUT2D eigenvalue weighted by Crippen LogP contribution is -2.52. The third kappa shape index (κ3) is 17.5. The number of carbonyl (C=O) groups excluding carboxylic acids is 5. The van der Waals surface area contributed by atoms with E-state index in [0.29, 0.717) is 6.42 Å². The lowest BCUT2D eigenvalue weighted by molar-refractivity contribution is -0.145. The third-order valence-corrected chi connectivity index (χ3v) is 5.04. The lowest BCUT2D eigenvalue weighted by atomic mass is 10.0. The van der Waals surface area contributed by atoms with Crippen LogP contribution in [0.4, 0.5) is 4.79 Å². The van der Waals surface area contributed by atoms with Gasteiger partial charge in [-0.3, -0.25) is 14.4 Å². The predicted octanol–water partition coefficient (Wildman–Crippen LogP) is 2.56. The van der Waals surface area contributed by atoms with Crippen LogP contribution in [-0.4, -0.2) is 80.1 Å². The maximum absolute atomic E-state index is 12.5. The molecule has 0 heterocycles. The first-order valence-electron chi connectivity index (χ1n) is 12.9. The van der Waals surface area contributed by atoms with E-state index in [4.69, 9.17) is 4.74 Å². The summed E-state index contributed by atoms with van der Waals surface area (Å²) in [5.41, 5.74) is 0.599. The SMILES string of the molecule is COC(=O)C(CCC(=O)N(C)C)NC(=O)CNC(=O)C(CC(C)C)NC(=O)OC(C)(C)C.Cc1ccccc1. The van der Waals surface area contributed by atoms with Crippen molar-refractivity contribution in [1.29, 1.82) is 0 Å². The topological polar surface area (TPSA) is 143 Å². The van der Waals surface area contributed by atoms with Crippen molar-refractivity contribution in [3.63, 3.8) is 0 Å². The van der Waals surface area contributed by atoms with Gasteiger partial charge in [0.2, 0.25) is 17.7 Å². The molecule has 2 atom stereocenters. The number of aryl methyl sites for hydroxylation is 1. The third-order valence-electron chi connectivity index (χ3n) is 5.04. The largest absolute Gasteiger partial charge is 0.467 e. The predicted molar refractivity (Wildman–Crippen MR) is 149 cm³/mol. The highest BCUT2D eigenvalue weighted by Crippen LogP contribution is 2.09. The number of nitrogens with zero attached hydrogens (tertiary/aromatic N) is 1. The fourth-order valence-corrected chi connectivity index (χ4v) is 3.11. The Bertz CT molecular complexity index is 928. The molecule has 0 bridgehead atoms. The zero-order chi connectivity index (χ0) is 30.2.